The van der Waals surface area contributed by atoms with Gasteiger partial charge in [-0.25, -0.2) is 8.42 Å². The summed E-state index contributed by atoms with van der Waals surface area (Å²) in [6, 6.07) is 17.1. The molecule has 0 aromatic heterocycles. The fourth-order valence-corrected chi connectivity index (χ4v) is 6.14. The number of hydrogen-bond donors (Lipinski definition) is 1. The molecule has 0 saturated heterocycles. The molecule has 1 N–H and O–H groups in total. The highest BCUT2D eigenvalue weighted by atomic mass is 79.9. The van der Waals surface area contributed by atoms with E-state index in [1.54, 1.807) is 61.5 Å². The SMILES string of the molecule is CCCCNC(=O)[C@H](C)N(Cc1c(Cl)cccc1Cl)C(=O)CN(c1ccc(Br)cc1)S(=O)(=O)c1ccc(C)cc1. The van der Waals surface area contributed by atoms with Gasteiger partial charge in [-0.3, -0.25) is 13.9 Å². The van der Waals surface area contributed by atoms with Crippen molar-refractivity contribution in [1.82, 2.24) is 10.2 Å². The Morgan fingerprint density at radius 1 is 0.975 bits per heavy atom. The van der Waals surface area contributed by atoms with Crippen molar-refractivity contribution in [3.63, 3.8) is 0 Å². The molecule has 0 aliphatic carbocycles. The van der Waals surface area contributed by atoms with Crippen molar-refractivity contribution in [3.05, 3.63) is 92.4 Å². The largest absolute Gasteiger partial charge is 0.354 e. The highest BCUT2D eigenvalue weighted by molar-refractivity contribution is 9.10. The van der Waals surface area contributed by atoms with Crippen LogP contribution >= 0.6 is 39.1 Å². The summed E-state index contributed by atoms with van der Waals surface area (Å²) >= 11 is 16.2. The van der Waals surface area contributed by atoms with Gasteiger partial charge in [-0.15, -0.1) is 0 Å². The average Bonchev–Trinajstić information content (AvgIpc) is 2.92. The van der Waals surface area contributed by atoms with E-state index in [0.29, 0.717) is 27.8 Å². The fraction of sp³-hybridized carbons (Fsp3) is 0.310. The highest BCUT2D eigenvalue weighted by Gasteiger charge is 2.33. The number of aryl methyl sites for hydroxylation is 1. The zero-order valence-corrected chi connectivity index (χ0v) is 26.4. The predicted octanol–water partition coefficient (Wildman–Crippen LogP) is 6.59. The molecule has 40 heavy (non-hydrogen) atoms. The van der Waals surface area contributed by atoms with Crippen LogP contribution in [0.4, 0.5) is 5.69 Å². The van der Waals surface area contributed by atoms with Crippen LogP contribution in [0.2, 0.25) is 10.0 Å². The summed E-state index contributed by atoms with van der Waals surface area (Å²) in [4.78, 5) is 28.4. The zero-order chi connectivity index (χ0) is 29.4. The minimum absolute atomic E-state index is 0.0416. The van der Waals surface area contributed by atoms with E-state index < -0.39 is 28.5 Å². The van der Waals surface area contributed by atoms with Gasteiger partial charge in [0, 0.05) is 33.2 Å². The lowest BCUT2D eigenvalue weighted by Crippen LogP contribution is -2.51. The van der Waals surface area contributed by atoms with E-state index in [4.69, 9.17) is 23.2 Å². The summed E-state index contributed by atoms with van der Waals surface area (Å²) in [6.45, 7) is 5.29. The number of rotatable bonds is 12. The summed E-state index contributed by atoms with van der Waals surface area (Å²) in [6.07, 6.45) is 1.68. The van der Waals surface area contributed by atoms with Crippen molar-refractivity contribution in [2.24, 2.45) is 0 Å². The van der Waals surface area contributed by atoms with E-state index >= 15 is 0 Å². The Labute approximate surface area is 254 Å². The molecule has 3 aromatic carbocycles. The van der Waals surface area contributed by atoms with Crippen molar-refractivity contribution in [1.29, 1.82) is 0 Å². The summed E-state index contributed by atoms with van der Waals surface area (Å²) in [5.74, 6) is -0.950. The molecule has 1 atom stereocenters. The van der Waals surface area contributed by atoms with Gasteiger partial charge in [-0.2, -0.15) is 0 Å². The topological polar surface area (TPSA) is 86.8 Å². The predicted molar refractivity (Wildman–Crippen MR) is 164 cm³/mol. The maximum Gasteiger partial charge on any atom is 0.264 e. The van der Waals surface area contributed by atoms with E-state index in [1.165, 1.54) is 17.0 Å². The van der Waals surface area contributed by atoms with Crippen LogP contribution in [0.3, 0.4) is 0 Å². The number of carbonyl (C=O) groups is 2. The number of benzene rings is 3. The molecule has 0 spiro atoms. The second-order valence-corrected chi connectivity index (χ2v) is 12.9. The Morgan fingerprint density at radius 2 is 1.57 bits per heavy atom. The lowest BCUT2D eigenvalue weighted by atomic mass is 10.1. The van der Waals surface area contributed by atoms with Crippen molar-refractivity contribution in [2.45, 2.75) is 51.1 Å². The van der Waals surface area contributed by atoms with Crippen molar-refractivity contribution in [3.8, 4) is 0 Å². The normalized spacial score (nSPS) is 12.1. The summed E-state index contributed by atoms with van der Waals surface area (Å²) in [5.41, 5.74) is 1.66. The minimum Gasteiger partial charge on any atom is -0.354 e. The van der Waals surface area contributed by atoms with Crippen LogP contribution in [0, 0.1) is 6.92 Å². The van der Waals surface area contributed by atoms with Crippen LogP contribution in [-0.2, 0) is 26.2 Å². The molecule has 11 heteroatoms. The van der Waals surface area contributed by atoms with Gasteiger partial charge in [0.15, 0.2) is 0 Å². The molecule has 0 aliphatic rings. The van der Waals surface area contributed by atoms with Gasteiger partial charge in [-0.1, -0.05) is 76.2 Å². The molecule has 7 nitrogen and oxygen atoms in total. The number of amides is 2. The molecule has 3 rings (SSSR count). The van der Waals surface area contributed by atoms with Gasteiger partial charge in [0.2, 0.25) is 11.8 Å². The quantitative estimate of drug-likeness (QED) is 0.221. The Bertz CT molecular complexity index is 1410. The molecule has 3 aromatic rings. The van der Waals surface area contributed by atoms with Crippen LogP contribution in [0.5, 0.6) is 0 Å². The molecular weight excluding hydrogens is 637 g/mol. The molecule has 0 heterocycles. The van der Waals surface area contributed by atoms with Gasteiger partial charge >= 0.3 is 0 Å². The number of halogens is 3. The molecule has 214 valence electrons. The maximum atomic E-state index is 14.0. The van der Waals surface area contributed by atoms with E-state index in [9.17, 15) is 18.0 Å². The molecule has 0 aliphatic heterocycles. The first kappa shape index (κ1) is 31.9. The van der Waals surface area contributed by atoms with E-state index in [1.807, 2.05) is 13.8 Å². The smallest absolute Gasteiger partial charge is 0.264 e. The molecule has 2 amide bonds. The van der Waals surface area contributed by atoms with Crippen LogP contribution in [-0.4, -0.2) is 44.3 Å². The minimum atomic E-state index is -4.15. The first-order valence-electron chi connectivity index (χ1n) is 12.8. The van der Waals surface area contributed by atoms with Crippen LogP contribution < -0.4 is 9.62 Å². The van der Waals surface area contributed by atoms with Gasteiger partial charge in [0.25, 0.3) is 10.0 Å². The number of nitrogens with one attached hydrogen (secondary N) is 1. The Balaban J connectivity index is 2.03. The van der Waals surface area contributed by atoms with E-state index in [0.717, 1.165) is 27.2 Å². The third-order valence-corrected chi connectivity index (χ3v) is 9.41. The molecular formula is C29H32BrCl2N3O4S. The van der Waals surface area contributed by atoms with Gasteiger partial charge in [0.05, 0.1) is 10.6 Å². The highest BCUT2D eigenvalue weighted by Crippen LogP contribution is 2.29. The average molecular weight is 669 g/mol. The maximum absolute atomic E-state index is 14.0. The molecule has 0 fully saturated rings. The van der Waals surface area contributed by atoms with Gasteiger partial charge in [-0.05, 0) is 68.8 Å². The second kappa shape index (κ2) is 14.3. The first-order valence-corrected chi connectivity index (χ1v) is 15.8. The molecule has 0 unspecified atom stereocenters. The van der Waals surface area contributed by atoms with Crippen LogP contribution in [0.15, 0.2) is 76.1 Å². The van der Waals surface area contributed by atoms with Gasteiger partial charge in [0.1, 0.15) is 12.6 Å². The Hall–Kier alpha value is -2.59. The standard InChI is InChI=1S/C29H32BrCl2N3O4S/c1-4-5-17-33-29(37)21(3)34(18-25-26(31)7-6-8-27(25)32)28(36)19-35(23-13-11-22(30)12-14-23)40(38,39)24-15-9-20(2)10-16-24/h6-16,21H,4-5,17-19H2,1-3H3,(H,33,37)/t21-/m0/s1. The van der Waals surface area contributed by atoms with Crippen molar-refractivity contribution < 1.29 is 18.0 Å². The Kier molecular flexibility index (Phi) is 11.5. The third-order valence-electron chi connectivity index (χ3n) is 6.39. The number of anilines is 1. The van der Waals surface area contributed by atoms with Gasteiger partial charge < -0.3 is 10.2 Å². The summed E-state index contributed by atoms with van der Waals surface area (Å²) < 4.78 is 29.5. The van der Waals surface area contributed by atoms with E-state index in [-0.39, 0.29) is 17.3 Å². The number of hydrogen-bond acceptors (Lipinski definition) is 4. The number of sulfonamides is 1. The van der Waals surface area contributed by atoms with E-state index in [2.05, 4.69) is 21.2 Å². The summed E-state index contributed by atoms with van der Waals surface area (Å²) in [5, 5.41) is 3.52. The zero-order valence-electron chi connectivity index (χ0n) is 22.5. The fourth-order valence-electron chi connectivity index (χ4n) is 3.95. The summed E-state index contributed by atoms with van der Waals surface area (Å²) in [7, 11) is -4.15. The first-order chi connectivity index (χ1) is 18.9. The van der Waals surface area contributed by atoms with Crippen molar-refractivity contribution >= 4 is 66.7 Å². The van der Waals surface area contributed by atoms with Crippen molar-refractivity contribution in [2.75, 3.05) is 17.4 Å². The molecule has 0 radical (unpaired) electrons. The molecule has 0 bridgehead atoms. The van der Waals surface area contributed by atoms with Crippen LogP contribution in [0.25, 0.3) is 0 Å². The number of carbonyl (C=O) groups excluding carboxylic acids is 2. The lowest BCUT2D eigenvalue weighted by Gasteiger charge is -2.32. The second-order valence-electron chi connectivity index (χ2n) is 9.34. The van der Waals surface area contributed by atoms with Crippen LogP contribution in [0.1, 0.15) is 37.8 Å². The third kappa shape index (κ3) is 8.00. The molecule has 0 saturated carbocycles. The Morgan fingerprint density at radius 3 is 2.15 bits per heavy atom. The number of unbranched alkanes of at least 4 members (excludes halogenated alkanes) is 1. The lowest BCUT2D eigenvalue weighted by molar-refractivity contribution is -0.139. The monoisotopic (exact) mass is 667 g/mol. The number of nitrogens with zero attached hydrogens (tertiary/aromatic N) is 2.